The Morgan fingerprint density at radius 3 is 1.63 bits per heavy atom. The number of hydrogen-bond acceptors (Lipinski definition) is 3. The monoisotopic (exact) mass is 668 g/mol. The molecule has 0 spiro atoms. The van der Waals surface area contributed by atoms with Crippen LogP contribution in [0.3, 0.4) is 0 Å². The van der Waals surface area contributed by atoms with Crippen LogP contribution in [0.2, 0.25) is 26.2 Å². The summed E-state index contributed by atoms with van der Waals surface area (Å²) in [6.45, 7) is 9.52. The van der Waals surface area contributed by atoms with Crippen molar-refractivity contribution in [3.63, 3.8) is 0 Å². The van der Waals surface area contributed by atoms with Crippen molar-refractivity contribution in [1.82, 2.24) is 0 Å². The number of benzene rings is 7. The average Bonchev–Trinajstić information content (AvgIpc) is 3.51. The normalized spacial score (nSPS) is 12.0. The van der Waals surface area contributed by atoms with Gasteiger partial charge in [0.15, 0.2) is 0 Å². The van der Waals surface area contributed by atoms with Crippen LogP contribution < -0.4 is 20.2 Å². The van der Waals surface area contributed by atoms with Crippen molar-refractivity contribution in [1.29, 1.82) is 0 Å². The minimum Gasteiger partial charge on any atom is -0.456 e. The number of furan rings is 1. The SMILES string of the molecule is C[SiH2]c1ccc(N(c2ccccc2)c2ccc3oc4cc(N(c5ccccc5)c5ccc([Si](C)(C)C)cc5)c5ccccc5c4c3c2)cc1. The highest BCUT2D eigenvalue weighted by molar-refractivity contribution is 6.88. The molecule has 5 heteroatoms. The Morgan fingerprint density at radius 2 is 1.00 bits per heavy atom. The minimum atomic E-state index is -1.44. The molecule has 49 heavy (non-hydrogen) atoms. The maximum absolute atomic E-state index is 6.73. The fourth-order valence-corrected chi connectivity index (χ4v) is 8.83. The van der Waals surface area contributed by atoms with Crippen LogP contribution in [0.1, 0.15) is 0 Å². The molecule has 0 aliphatic carbocycles. The lowest BCUT2D eigenvalue weighted by Gasteiger charge is -2.28. The minimum absolute atomic E-state index is 0.224. The number of rotatable bonds is 8. The number of anilines is 6. The average molecular weight is 669 g/mol. The zero-order valence-corrected chi connectivity index (χ0v) is 30.9. The fourth-order valence-electron chi connectivity index (χ4n) is 6.95. The first kappa shape index (κ1) is 30.9. The second kappa shape index (κ2) is 12.6. The predicted octanol–water partition coefficient (Wildman–Crippen LogP) is 11.1. The number of para-hydroxylation sites is 2. The van der Waals surface area contributed by atoms with Crippen molar-refractivity contribution in [2.75, 3.05) is 9.80 Å². The van der Waals surface area contributed by atoms with E-state index in [0.717, 1.165) is 56.1 Å². The zero-order chi connectivity index (χ0) is 33.5. The third kappa shape index (κ3) is 5.75. The van der Waals surface area contributed by atoms with Crippen LogP contribution in [0.25, 0.3) is 32.7 Å². The Bertz CT molecular complexity index is 2400. The molecule has 8 rings (SSSR count). The molecule has 0 amide bonds. The molecule has 3 nitrogen and oxygen atoms in total. The van der Waals surface area contributed by atoms with Crippen molar-refractivity contribution in [2.24, 2.45) is 0 Å². The number of nitrogens with zero attached hydrogens (tertiary/aromatic N) is 2. The quantitative estimate of drug-likeness (QED) is 0.150. The topological polar surface area (TPSA) is 19.6 Å². The Labute approximate surface area is 291 Å². The maximum Gasteiger partial charge on any atom is 0.138 e. The summed E-state index contributed by atoms with van der Waals surface area (Å²) in [6.07, 6.45) is 0. The van der Waals surface area contributed by atoms with E-state index in [4.69, 9.17) is 4.42 Å². The molecule has 1 heterocycles. The van der Waals surface area contributed by atoms with E-state index in [1.165, 1.54) is 21.1 Å². The molecule has 1 aromatic heterocycles. The highest BCUT2D eigenvalue weighted by Crippen LogP contribution is 2.45. The van der Waals surface area contributed by atoms with E-state index in [1.54, 1.807) is 0 Å². The summed E-state index contributed by atoms with van der Waals surface area (Å²) < 4.78 is 6.73. The van der Waals surface area contributed by atoms with Gasteiger partial charge in [0.05, 0.1) is 23.3 Å². The molecule has 8 aromatic rings. The summed E-state index contributed by atoms with van der Waals surface area (Å²) in [5, 5.41) is 7.52. The number of hydrogen-bond donors (Lipinski definition) is 0. The first-order chi connectivity index (χ1) is 23.9. The van der Waals surface area contributed by atoms with Gasteiger partial charge >= 0.3 is 0 Å². The molecule has 0 saturated heterocycles. The zero-order valence-electron chi connectivity index (χ0n) is 28.5. The standard InChI is InChI=1S/C44H40N2OSi2/c1-48-36-24-19-33(20-25-36)45(31-13-7-5-8-14-31)35-23-28-42-40(29-35)44-39-18-12-11-17-38(39)41(30-43(44)47-42)46(32-15-9-6-10-16-32)34-21-26-37(27-22-34)49(2,3)4/h5-30H,48H2,1-4H3. The van der Waals surface area contributed by atoms with Gasteiger partial charge in [0.1, 0.15) is 11.2 Å². The molecular weight excluding hydrogens is 629 g/mol. The van der Waals surface area contributed by atoms with Gasteiger partial charge in [-0.3, -0.25) is 0 Å². The lowest BCUT2D eigenvalue weighted by atomic mass is 10.0. The first-order valence-corrected chi connectivity index (χ1v) is 22.8. The smallest absolute Gasteiger partial charge is 0.138 e. The summed E-state index contributed by atoms with van der Waals surface area (Å²) in [7, 11) is -1.67. The molecule has 0 aliphatic heterocycles. The van der Waals surface area contributed by atoms with Gasteiger partial charge in [-0.2, -0.15) is 0 Å². The molecule has 0 unspecified atom stereocenters. The lowest BCUT2D eigenvalue weighted by Crippen LogP contribution is -2.37. The van der Waals surface area contributed by atoms with E-state index in [1.807, 2.05) is 0 Å². The summed E-state index contributed by atoms with van der Waals surface area (Å²) in [4.78, 5) is 4.71. The molecule has 0 fully saturated rings. The second-order valence-corrected chi connectivity index (χ2v) is 20.4. The Balaban J connectivity index is 1.34. The molecule has 0 N–H and O–H groups in total. The van der Waals surface area contributed by atoms with E-state index in [9.17, 15) is 0 Å². The molecule has 0 aliphatic rings. The summed E-state index contributed by atoms with van der Waals surface area (Å²) in [5.41, 5.74) is 8.48. The van der Waals surface area contributed by atoms with Crippen molar-refractivity contribution >= 4 is 94.8 Å². The largest absolute Gasteiger partial charge is 0.456 e. The second-order valence-electron chi connectivity index (χ2n) is 13.8. The summed E-state index contributed by atoms with van der Waals surface area (Å²) >= 11 is 0. The molecule has 0 radical (unpaired) electrons. The maximum atomic E-state index is 6.73. The molecule has 0 saturated carbocycles. The van der Waals surface area contributed by atoms with Crippen LogP contribution in [0.4, 0.5) is 34.1 Å². The Hall–Kier alpha value is -5.37. The van der Waals surface area contributed by atoms with E-state index in [2.05, 4.69) is 194 Å². The molecule has 0 bridgehead atoms. The summed E-state index contributed by atoms with van der Waals surface area (Å²) in [6, 6.07) is 57.2. The predicted molar refractivity (Wildman–Crippen MR) is 218 cm³/mol. The van der Waals surface area contributed by atoms with Crippen LogP contribution in [0.5, 0.6) is 0 Å². The molecular formula is C44H40N2OSi2. The van der Waals surface area contributed by atoms with Crippen LogP contribution in [-0.4, -0.2) is 17.6 Å². The Kier molecular flexibility index (Phi) is 7.94. The summed E-state index contributed by atoms with van der Waals surface area (Å²) in [5.74, 6) is 0. The van der Waals surface area contributed by atoms with Crippen LogP contribution >= 0.6 is 0 Å². The van der Waals surface area contributed by atoms with Gasteiger partial charge in [-0.05, 0) is 72.1 Å². The van der Waals surface area contributed by atoms with Crippen molar-refractivity contribution in [3.05, 3.63) is 158 Å². The third-order valence-corrected chi connectivity index (χ3v) is 12.9. The van der Waals surface area contributed by atoms with Crippen molar-refractivity contribution in [3.8, 4) is 0 Å². The van der Waals surface area contributed by atoms with Crippen LogP contribution in [-0.2, 0) is 0 Å². The van der Waals surface area contributed by atoms with Gasteiger partial charge in [-0.25, -0.2) is 0 Å². The van der Waals surface area contributed by atoms with Crippen molar-refractivity contribution in [2.45, 2.75) is 26.2 Å². The molecule has 7 aromatic carbocycles. The first-order valence-electron chi connectivity index (χ1n) is 17.2. The van der Waals surface area contributed by atoms with E-state index in [-0.39, 0.29) is 9.52 Å². The van der Waals surface area contributed by atoms with E-state index in [0.29, 0.717) is 0 Å². The highest BCUT2D eigenvalue weighted by atomic mass is 28.3. The van der Waals surface area contributed by atoms with Crippen LogP contribution in [0, 0.1) is 0 Å². The fraction of sp³-hybridized carbons (Fsp3) is 0.0909. The Morgan fingerprint density at radius 1 is 0.469 bits per heavy atom. The van der Waals surface area contributed by atoms with E-state index >= 15 is 0 Å². The van der Waals surface area contributed by atoms with Gasteiger partial charge < -0.3 is 14.2 Å². The van der Waals surface area contributed by atoms with Crippen molar-refractivity contribution < 1.29 is 4.42 Å². The molecule has 240 valence electrons. The van der Waals surface area contributed by atoms with Gasteiger partial charge in [-0.15, -0.1) is 0 Å². The van der Waals surface area contributed by atoms with E-state index < -0.39 is 8.07 Å². The molecule has 0 atom stereocenters. The van der Waals surface area contributed by atoms with Gasteiger partial charge in [0.25, 0.3) is 0 Å². The lowest BCUT2D eigenvalue weighted by molar-refractivity contribution is 0.669. The number of fused-ring (bicyclic) bond motifs is 5. The highest BCUT2D eigenvalue weighted by Gasteiger charge is 2.22. The third-order valence-electron chi connectivity index (χ3n) is 9.56. The van der Waals surface area contributed by atoms with Gasteiger partial charge in [0.2, 0.25) is 0 Å². The van der Waals surface area contributed by atoms with Crippen LogP contribution in [0.15, 0.2) is 162 Å². The van der Waals surface area contributed by atoms with Gasteiger partial charge in [-0.1, -0.05) is 121 Å². The van der Waals surface area contributed by atoms with Gasteiger partial charge in [0, 0.05) is 50.7 Å².